The van der Waals surface area contributed by atoms with Gasteiger partial charge >= 0.3 is 0 Å². The summed E-state index contributed by atoms with van der Waals surface area (Å²) in [7, 11) is 1.54. The first-order chi connectivity index (χ1) is 6.33. The van der Waals surface area contributed by atoms with E-state index < -0.39 is 0 Å². The number of aromatic nitrogens is 3. The average molecular weight is 193 g/mol. The number of carbonyl (C=O) groups excluding carboxylic acids is 1. The molecule has 0 saturated heterocycles. The summed E-state index contributed by atoms with van der Waals surface area (Å²) in [5.41, 5.74) is 3.49. The minimum absolute atomic E-state index is 0.248. The van der Waals surface area contributed by atoms with Crippen molar-refractivity contribution in [2.75, 3.05) is 7.05 Å². The standard InChI is InChI=1S/C7H5N4OS/c1-8-7(12)6-5-4(2-10-11-6)13-3-9-5/h2H,1H3,(H,8,12). The van der Waals surface area contributed by atoms with Gasteiger partial charge in [-0.15, -0.1) is 16.4 Å². The zero-order valence-corrected chi connectivity index (χ0v) is 7.55. The van der Waals surface area contributed by atoms with E-state index in [9.17, 15) is 4.79 Å². The average Bonchev–Trinajstić information content (AvgIpc) is 2.63. The molecule has 1 radical (unpaired) electrons. The van der Waals surface area contributed by atoms with Gasteiger partial charge in [-0.05, 0) is 0 Å². The second kappa shape index (κ2) is 3.06. The van der Waals surface area contributed by atoms with E-state index in [0.29, 0.717) is 5.52 Å². The minimum atomic E-state index is -0.280. The summed E-state index contributed by atoms with van der Waals surface area (Å²) in [5, 5.41) is 9.88. The largest absolute Gasteiger partial charge is 0.354 e. The molecule has 2 aromatic rings. The second-order valence-corrected chi connectivity index (χ2v) is 3.12. The van der Waals surface area contributed by atoms with Crippen LogP contribution < -0.4 is 5.32 Å². The molecule has 0 bridgehead atoms. The molecule has 0 atom stereocenters. The van der Waals surface area contributed by atoms with E-state index in [4.69, 9.17) is 0 Å². The SMILES string of the molecule is CNC(=O)c1nncc2s[c]nc12. The zero-order chi connectivity index (χ0) is 9.26. The van der Waals surface area contributed by atoms with Crippen LogP contribution >= 0.6 is 11.3 Å². The van der Waals surface area contributed by atoms with Gasteiger partial charge in [0.15, 0.2) is 11.2 Å². The van der Waals surface area contributed by atoms with E-state index >= 15 is 0 Å². The molecule has 0 spiro atoms. The predicted octanol–water partition coefficient (Wildman–Crippen LogP) is 0.246. The van der Waals surface area contributed by atoms with E-state index in [0.717, 1.165) is 4.70 Å². The van der Waals surface area contributed by atoms with Crippen molar-refractivity contribution in [3.8, 4) is 0 Å². The summed E-state index contributed by atoms with van der Waals surface area (Å²) in [4.78, 5) is 15.2. The summed E-state index contributed by atoms with van der Waals surface area (Å²) in [6, 6.07) is 0. The predicted molar refractivity (Wildman–Crippen MR) is 47.4 cm³/mol. The van der Waals surface area contributed by atoms with E-state index in [1.54, 1.807) is 13.2 Å². The number of carbonyl (C=O) groups is 1. The summed E-state index contributed by atoms with van der Waals surface area (Å²) < 4.78 is 0.814. The van der Waals surface area contributed by atoms with Crippen molar-refractivity contribution in [2.45, 2.75) is 0 Å². The third-order valence-corrected chi connectivity index (χ3v) is 2.25. The van der Waals surface area contributed by atoms with Crippen molar-refractivity contribution in [1.82, 2.24) is 20.5 Å². The molecule has 0 aliphatic carbocycles. The van der Waals surface area contributed by atoms with Gasteiger partial charge in [0.1, 0.15) is 5.52 Å². The molecule has 1 amide bonds. The Hall–Kier alpha value is -1.56. The number of rotatable bonds is 1. The topological polar surface area (TPSA) is 67.8 Å². The highest BCUT2D eigenvalue weighted by atomic mass is 32.1. The van der Waals surface area contributed by atoms with Gasteiger partial charge in [0.2, 0.25) is 0 Å². The van der Waals surface area contributed by atoms with Crippen molar-refractivity contribution in [3.63, 3.8) is 0 Å². The Morgan fingerprint density at radius 2 is 2.54 bits per heavy atom. The Morgan fingerprint density at radius 3 is 3.31 bits per heavy atom. The second-order valence-electron chi connectivity index (χ2n) is 2.29. The van der Waals surface area contributed by atoms with Gasteiger partial charge in [-0.3, -0.25) is 4.79 Å². The highest BCUT2D eigenvalue weighted by Crippen LogP contribution is 2.17. The molecule has 0 aromatic carbocycles. The lowest BCUT2D eigenvalue weighted by Crippen LogP contribution is -2.20. The highest BCUT2D eigenvalue weighted by molar-refractivity contribution is 7.16. The summed E-state index contributed by atoms with van der Waals surface area (Å²) in [5.74, 6) is -0.280. The number of nitrogens with one attached hydrogen (secondary N) is 1. The first-order valence-corrected chi connectivity index (χ1v) is 4.35. The van der Waals surface area contributed by atoms with Crippen molar-refractivity contribution in [1.29, 1.82) is 0 Å². The minimum Gasteiger partial charge on any atom is -0.354 e. The molecule has 5 nitrogen and oxygen atoms in total. The Labute approximate surface area is 77.8 Å². The van der Waals surface area contributed by atoms with Gasteiger partial charge in [0.25, 0.3) is 5.91 Å². The van der Waals surface area contributed by atoms with Crippen LogP contribution in [0.1, 0.15) is 10.5 Å². The van der Waals surface area contributed by atoms with Gasteiger partial charge < -0.3 is 5.32 Å². The van der Waals surface area contributed by atoms with E-state index in [1.807, 2.05) is 0 Å². The molecule has 1 N–H and O–H groups in total. The Bertz CT molecular complexity index is 452. The molecule has 0 unspecified atom stereocenters. The molecule has 0 saturated carbocycles. The van der Waals surface area contributed by atoms with E-state index in [1.165, 1.54) is 11.3 Å². The van der Waals surface area contributed by atoms with Gasteiger partial charge in [0.05, 0.1) is 10.9 Å². The Balaban J connectivity index is 2.67. The van der Waals surface area contributed by atoms with Gasteiger partial charge in [-0.2, -0.15) is 5.10 Å². The fourth-order valence-corrected chi connectivity index (χ4v) is 1.51. The lowest BCUT2D eigenvalue weighted by molar-refractivity contribution is 0.0959. The quantitative estimate of drug-likeness (QED) is 0.704. The maximum Gasteiger partial charge on any atom is 0.273 e. The normalized spacial score (nSPS) is 10.2. The number of thiazole rings is 1. The molecule has 2 heterocycles. The van der Waals surface area contributed by atoms with Crippen LogP contribution in [0.2, 0.25) is 0 Å². The first kappa shape index (κ1) is 8.06. The number of hydrogen-bond donors (Lipinski definition) is 1. The van der Waals surface area contributed by atoms with Crippen LogP contribution in [-0.4, -0.2) is 28.1 Å². The number of hydrogen-bond acceptors (Lipinski definition) is 5. The van der Waals surface area contributed by atoms with Gasteiger partial charge in [-0.25, -0.2) is 4.98 Å². The van der Waals surface area contributed by atoms with Crippen molar-refractivity contribution < 1.29 is 4.79 Å². The first-order valence-electron chi connectivity index (χ1n) is 3.53. The molecule has 0 aliphatic rings. The van der Waals surface area contributed by atoms with Crippen LogP contribution in [0.5, 0.6) is 0 Å². The van der Waals surface area contributed by atoms with Crippen LogP contribution in [0.3, 0.4) is 0 Å². The van der Waals surface area contributed by atoms with Gasteiger partial charge in [0, 0.05) is 7.05 Å². The molecule has 65 valence electrons. The summed E-state index contributed by atoms with van der Waals surface area (Å²) in [6.45, 7) is 0. The lowest BCUT2D eigenvalue weighted by atomic mass is 10.3. The summed E-state index contributed by atoms with van der Waals surface area (Å²) >= 11 is 1.31. The smallest absolute Gasteiger partial charge is 0.273 e. The van der Waals surface area contributed by atoms with E-state index in [2.05, 4.69) is 26.0 Å². The van der Waals surface area contributed by atoms with Crippen molar-refractivity contribution >= 4 is 27.5 Å². The van der Waals surface area contributed by atoms with Crippen LogP contribution in [0.15, 0.2) is 6.20 Å². The molecular weight excluding hydrogens is 188 g/mol. The highest BCUT2D eigenvalue weighted by Gasteiger charge is 2.12. The lowest BCUT2D eigenvalue weighted by Gasteiger charge is -1.96. The maximum absolute atomic E-state index is 11.3. The molecular formula is C7H5N4OS. The molecule has 13 heavy (non-hydrogen) atoms. The number of nitrogens with zero attached hydrogens (tertiary/aromatic N) is 3. The summed E-state index contributed by atoms with van der Waals surface area (Å²) in [6.07, 6.45) is 1.57. The fourth-order valence-electron chi connectivity index (χ4n) is 0.936. The Morgan fingerprint density at radius 1 is 1.69 bits per heavy atom. The monoisotopic (exact) mass is 193 g/mol. The Kier molecular flexibility index (Phi) is 1.90. The number of amides is 1. The number of fused-ring (bicyclic) bond motifs is 1. The molecule has 2 aromatic heterocycles. The maximum atomic E-state index is 11.3. The molecule has 6 heteroatoms. The molecule has 2 rings (SSSR count). The molecule has 0 fully saturated rings. The van der Waals surface area contributed by atoms with Crippen LogP contribution in [0, 0.1) is 5.51 Å². The van der Waals surface area contributed by atoms with Crippen LogP contribution in [0.4, 0.5) is 0 Å². The third-order valence-electron chi connectivity index (χ3n) is 1.55. The van der Waals surface area contributed by atoms with Gasteiger partial charge in [-0.1, -0.05) is 0 Å². The third kappa shape index (κ3) is 1.25. The van der Waals surface area contributed by atoms with Crippen LogP contribution in [-0.2, 0) is 0 Å². The van der Waals surface area contributed by atoms with E-state index in [-0.39, 0.29) is 11.6 Å². The van der Waals surface area contributed by atoms with Crippen molar-refractivity contribution in [3.05, 3.63) is 17.4 Å². The van der Waals surface area contributed by atoms with Crippen molar-refractivity contribution in [2.24, 2.45) is 0 Å². The van der Waals surface area contributed by atoms with Crippen LogP contribution in [0.25, 0.3) is 10.2 Å². The zero-order valence-electron chi connectivity index (χ0n) is 6.74. The molecule has 0 aliphatic heterocycles. The fraction of sp³-hybridized carbons (Fsp3) is 0.143.